The zero-order chi connectivity index (χ0) is 8.27. The zero-order valence-corrected chi connectivity index (χ0v) is 5.61. The summed E-state index contributed by atoms with van der Waals surface area (Å²) in [4.78, 5) is 20.3. The smallest absolute Gasteiger partial charge is 0.298 e. The van der Waals surface area contributed by atoms with Crippen molar-refractivity contribution in [2.75, 3.05) is 5.73 Å². The van der Waals surface area contributed by atoms with Crippen LogP contribution in [0.4, 0.5) is 5.82 Å². The van der Waals surface area contributed by atoms with Crippen LogP contribution in [0.15, 0.2) is 11.3 Å². The Labute approximate surface area is 62.3 Å². The van der Waals surface area contributed by atoms with Crippen molar-refractivity contribution >= 4 is 18.1 Å². The number of imidazole rings is 1. The van der Waals surface area contributed by atoms with Crippen LogP contribution in [0.2, 0.25) is 0 Å². The maximum atomic E-state index is 10.9. The van der Waals surface area contributed by atoms with Gasteiger partial charge in [0, 0.05) is 0 Å². The SMILES string of the molecule is NC=NC(=O)c1[nH]cnc1N. The summed E-state index contributed by atoms with van der Waals surface area (Å²) in [5.74, 6) is -0.400. The second-order valence-corrected chi connectivity index (χ2v) is 1.75. The van der Waals surface area contributed by atoms with Crippen LogP contribution in [0, 0.1) is 0 Å². The number of nitrogen functional groups attached to an aromatic ring is 1. The number of nitrogens with zero attached hydrogens (tertiary/aromatic N) is 2. The van der Waals surface area contributed by atoms with E-state index in [1.807, 2.05) is 0 Å². The highest BCUT2D eigenvalue weighted by Gasteiger charge is 2.08. The minimum atomic E-state index is -0.525. The number of nitrogens with two attached hydrogens (primary N) is 2. The number of H-pyrrole nitrogens is 1. The van der Waals surface area contributed by atoms with E-state index < -0.39 is 5.91 Å². The van der Waals surface area contributed by atoms with E-state index in [-0.39, 0.29) is 11.5 Å². The van der Waals surface area contributed by atoms with Gasteiger partial charge < -0.3 is 16.5 Å². The van der Waals surface area contributed by atoms with E-state index in [2.05, 4.69) is 15.0 Å². The second kappa shape index (κ2) is 2.82. The molecular weight excluding hydrogens is 146 g/mol. The first-order chi connectivity index (χ1) is 5.25. The number of carbonyl (C=O) groups is 1. The molecule has 0 bridgehead atoms. The standard InChI is InChI=1S/C5H7N5O/c6-1-8-5(11)3-4(7)10-2-9-3/h1-2H,7H2,(H,9,10)(H2,6,8,11). The molecule has 0 aliphatic rings. The molecule has 11 heavy (non-hydrogen) atoms. The van der Waals surface area contributed by atoms with Crippen molar-refractivity contribution in [1.82, 2.24) is 9.97 Å². The lowest BCUT2D eigenvalue weighted by Crippen LogP contribution is -2.02. The molecule has 0 unspecified atom stereocenters. The van der Waals surface area contributed by atoms with Gasteiger partial charge in [0.15, 0.2) is 11.5 Å². The van der Waals surface area contributed by atoms with Crippen molar-refractivity contribution in [3.05, 3.63) is 12.0 Å². The molecule has 0 spiro atoms. The monoisotopic (exact) mass is 153 g/mol. The van der Waals surface area contributed by atoms with Crippen molar-refractivity contribution in [2.24, 2.45) is 10.7 Å². The van der Waals surface area contributed by atoms with E-state index >= 15 is 0 Å². The third-order valence-electron chi connectivity index (χ3n) is 1.07. The molecule has 0 radical (unpaired) electrons. The minimum Gasteiger partial charge on any atom is -0.390 e. The lowest BCUT2D eigenvalue weighted by atomic mass is 10.4. The van der Waals surface area contributed by atoms with E-state index in [1.54, 1.807) is 0 Å². The Bertz CT molecular complexity index is 289. The van der Waals surface area contributed by atoms with Gasteiger partial charge >= 0.3 is 0 Å². The van der Waals surface area contributed by atoms with Gasteiger partial charge in [-0.15, -0.1) is 0 Å². The predicted octanol–water partition coefficient (Wildman–Crippen LogP) is -0.881. The fourth-order valence-electron chi connectivity index (χ4n) is 0.608. The summed E-state index contributed by atoms with van der Waals surface area (Å²) in [6.45, 7) is 0. The van der Waals surface area contributed by atoms with Gasteiger partial charge in [0.05, 0.1) is 12.7 Å². The highest BCUT2D eigenvalue weighted by atomic mass is 16.1. The summed E-state index contributed by atoms with van der Waals surface area (Å²) in [7, 11) is 0. The summed E-state index contributed by atoms with van der Waals surface area (Å²) in [5.41, 5.74) is 10.4. The molecule has 0 atom stereocenters. The first kappa shape index (κ1) is 7.26. The molecule has 0 saturated heterocycles. The van der Waals surface area contributed by atoms with Gasteiger partial charge in [-0.2, -0.15) is 4.99 Å². The molecule has 1 aromatic rings. The molecule has 58 valence electrons. The number of nitrogens with one attached hydrogen (secondary N) is 1. The molecule has 1 amide bonds. The van der Waals surface area contributed by atoms with Gasteiger partial charge in [-0.3, -0.25) is 4.79 Å². The van der Waals surface area contributed by atoms with Crippen molar-refractivity contribution in [3.63, 3.8) is 0 Å². The summed E-state index contributed by atoms with van der Waals surface area (Å²) < 4.78 is 0. The Hall–Kier alpha value is -1.85. The first-order valence-electron chi connectivity index (χ1n) is 2.83. The zero-order valence-electron chi connectivity index (χ0n) is 5.61. The van der Waals surface area contributed by atoms with E-state index in [1.165, 1.54) is 6.33 Å². The van der Waals surface area contributed by atoms with Crippen molar-refractivity contribution in [3.8, 4) is 0 Å². The minimum absolute atomic E-state index is 0.126. The largest absolute Gasteiger partial charge is 0.390 e. The number of rotatable bonds is 1. The van der Waals surface area contributed by atoms with Crippen molar-refractivity contribution < 1.29 is 4.79 Å². The molecule has 0 fully saturated rings. The van der Waals surface area contributed by atoms with Crippen LogP contribution >= 0.6 is 0 Å². The Morgan fingerprint density at radius 2 is 2.55 bits per heavy atom. The normalized spacial score (nSPS) is 10.5. The van der Waals surface area contributed by atoms with Crippen LogP contribution in [-0.2, 0) is 0 Å². The number of aliphatic imine (C=N–C) groups is 1. The molecule has 0 aliphatic carbocycles. The number of amides is 1. The van der Waals surface area contributed by atoms with Gasteiger partial charge in [-0.1, -0.05) is 0 Å². The van der Waals surface area contributed by atoms with E-state index in [0.717, 1.165) is 6.34 Å². The van der Waals surface area contributed by atoms with Crippen LogP contribution in [-0.4, -0.2) is 22.2 Å². The number of carbonyl (C=O) groups excluding carboxylic acids is 1. The van der Waals surface area contributed by atoms with Crippen LogP contribution in [0.5, 0.6) is 0 Å². The third-order valence-corrected chi connectivity index (χ3v) is 1.07. The maximum absolute atomic E-state index is 10.9. The van der Waals surface area contributed by atoms with E-state index in [0.29, 0.717) is 0 Å². The maximum Gasteiger partial charge on any atom is 0.298 e. The molecule has 1 rings (SSSR count). The molecule has 0 aromatic carbocycles. The van der Waals surface area contributed by atoms with Crippen LogP contribution in [0.25, 0.3) is 0 Å². The number of anilines is 1. The van der Waals surface area contributed by atoms with Crippen LogP contribution in [0.1, 0.15) is 10.5 Å². The number of aromatic nitrogens is 2. The van der Waals surface area contributed by atoms with Gasteiger partial charge in [0.1, 0.15) is 0 Å². The fraction of sp³-hybridized carbons (Fsp3) is 0. The average Bonchev–Trinajstić information content (AvgIpc) is 2.36. The highest BCUT2D eigenvalue weighted by Crippen LogP contribution is 2.04. The van der Waals surface area contributed by atoms with Gasteiger partial charge in [0.25, 0.3) is 5.91 Å². The third kappa shape index (κ3) is 1.34. The molecular formula is C5H7N5O. The lowest BCUT2D eigenvalue weighted by Gasteiger charge is -1.88. The van der Waals surface area contributed by atoms with E-state index in [9.17, 15) is 4.79 Å². The quantitative estimate of drug-likeness (QED) is 0.359. The molecule has 0 saturated carbocycles. The number of aromatic amines is 1. The molecule has 6 heteroatoms. The topological polar surface area (TPSA) is 110 Å². The van der Waals surface area contributed by atoms with Crippen molar-refractivity contribution in [1.29, 1.82) is 0 Å². The molecule has 1 heterocycles. The van der Waals surface area contributed by atoms with Crippen molar-refractivity contribution in [2.45, 2.75) is 0 Å². The highest BCUT2D eigenvalue weighted by molar-refractivity contribution is 6.00. The first-order valence-corrected chi connectivity index (χ1v) is 2.83. The van der Waals surface area contributed by atoms with Gasteiger partial charge in [-0.25, -0.2) is 4.98 Å². The molecule has 1 aromatic heterocycles. The van der Waals surface area contributed by atoms with Gasteiger partial charge in [-0.05, 0) is 0 Å². The molecule has 5 N–H and O–H groups in total. The molecule has 6 nitrogen and oxygen atoms in total. The number of hydrogen-bond acceptors (Lipinski definition) is 3. The Kier molecular flexibility index (Phi) is 1.86. The Morgan fingerprint density at radius 1 is 1.82 bits per heavy atom. The lowest BCUT2D eigenvalue weighted by molar-refractivity contribution is 0.1000. The summed E-state index contributed by atoms with van der Waals surface area (Å²) >= 11 is 0. The predicted molar refractivity (Wildman–Crippen MR) is 40.0 cm³/mol. The van der Waals surface area contributed by atoms with E-state index in [4.69, 9.17) is 11.5 Å². The second-order valence-electron chi connectivity index (χ2n) is 1.75. The van der Waals surface area contributed by atoms with Crippen LogP contribution < -0.4 is 11.5 Å². The Balaban J connectivity index is 2.93. The summed E-state index contributed by atoms with van der Waals surface area (Å²) in [6.07, 6.45) is 2.22. The Morgan fingerprint density at radius 3 is 3.00 bits per heavy atom. The summed E-state index contributed by atoms with van der Waals surface area (Å²) in [6, 6.07) is 0. The van der Waals surface area contributed by atoms with Crippen LogP contribution in [0.3, 0.4) is 0 Å². The number of hydrogen-bond donors (Lipinski definition) is 3. The average molecular weight is 153 g/mol. The summed E-state index contributed by atoms with van der Waals surface area (Å²) in [5, 5.41) is 0. The molecule has 0 aliphatic heterocycles. The fourth-order valence-corrected chi connectivity index (χ4v) is 0.608. The van der Waals surface area contributed by atoms with Gasteiger partial charge in [0.2, 0.25) is 0 Å².